The summed E-state index contributed by atoms with van der Waals surface area (Å²) in [5.41, 5.74) is -0.414. The molecule has 0 aromatic rings. The second-order valence-corrected chi connectivity index (χ2v) is 4.94. The molecule has 2 unspecified atom stereocenters. The zero-order chi connectivity index (χ0) is 14.2. The molecule has 1 aliphatic carbocycles. The van der Waals surface area contributed by atoms with Crippen LogP contribution in [0.1, 0.15) is 34.1 Å². The standard InChI is InChI=1S/C10H17NO2.C3H6O2/c1-5-7-6-8(7)11-9(12)13-10(2,3)4;1-2-5-3-4/h5,7-8H,1,6H2,2-4H3,(H,11,12);3H,2H2,1H3. The first-order valence-corrected chi connectivity index (χ1v) is 6.01. The fourth-order valence-corrected chi connectivity index (χ4v) is 1.17. The van der Waals surface area contributed by atoms with Gasteiger partial charge in [0.15, 0.2) is 0 Å². The highest BCUT2D eigenvalue weighted by Crippen LogP contribution is 2.31. The van der Waals surface area contributed by atoms with Crippen LogP contribution in [0.25, 0.3) is 0 Å². The Labute approximate surface area is 109 Å². The van der Waals surface area contributed by atoms with Gasteiger partial charge in [-0.25, -0.2) is 4.79 Å². The second kappa shape index (κ2) is 7.74. The molecule has 5 heteroatoms. The molecule has 1 amide bonds. The largest absolute Gasteiger partial charge is 0.468 e. The topological polar surface area (TPSA) is 64.6 Å². The highest BCUT2D eigenvalue weighted by Gasteiger charge is 2.36. The van der Waals surface area contributed by atoms with E-state index >= 15 is 0 Å². The number of hydrogen-bond acceptors (Lipinski definition) is 4. The van der Waals surface area contributed by atoms with Gasteiger partial charge in [0, 0.05) is 6.04 Å². The molecule has 0 aromatic heterocycles. The molecule has 0 spiro atoms. The zero-order valence-corrected chi connectivity index (χ0v) is 11.6. The molecule has 1 rings (SSSR count). The van der Waals surface area contributed by atoms with Gasteiger partial charge in [0.1, 0.15) is 5.60 Å². The van der Waals surface area contributed by atoms with E-state index in [1.54, 1.807) is 6.92 Å². The number of amides is 1. The second-order valence-electron chi connectivity index (χ2n) is 4.94. The van der Waals surface area contributed by atoms with E-state index in [9.17, 15) is 9.59 Å². The molecule has 0 aliphatic heterocycles. The van der Waals surface area contributed by atoms with Crippen molar-refractivity contribution in [1.82, 2.24) is 5.32 Å². The van der Waals surface area contributed by atoms with Crippen LogP contribution in [-0.2, 0) is 14.3 Å². The van der Waals surface area contributed by atoms with Gasteiger partial charge in [-0.15, -0.1) is 6.58 Å². The van der Waals surface area contributed by atoms with Gasteiger partial charge in [0.05, 0.1) is 6.61 Å². The Hall–Kier alpha value is -1.52. The van der Waals surface area contributed by atoms with Gasteiger partial charge < -0.3 is 14.8 Å². The quantitative estimate of drug-likeness (QED) is 0.620. The molecule has 18 heavy (non-hydrogen) atoms. The smallest absolute Gasteiger partial charge is 0.407 e. The van der Waals surface area contributed by atoms with Crippen molar-refractivity contribution >= 4 is 12.6 Å². The molecule has 1 fully saturated rings. The van der Waals surface area contributed by atoms with Crippen molar-refractivity contribution in [3.8, 4) is 0 Å². The van der Waals surface area contributed by atoms with Crippen molar-refractivity contribution in [2.75, 3.05) is 6.61 Å². The van der Waals surface area contributed by atoms with Crippen molar-refractivity contribution in [1.29, 1.82) is 0 Å². The first kappa shape index (κ1) is 16.5. The van der Waals surface area contributed by atoms with Crippen LogP contribution >= 0.6 is 0 Å². The van der Waals surface area contributed by atoms with E-state index in [2.05, 4.69) is 16.6 Å². The predicted molar refractivity (Wildman–Crippen MR) is 69.2 cm³/mol. The molecule has 0 heterocycles. The van der Waals surface area contributed by atoms with E-state index in [1.807, 2.05) is 26.8 Å². The summed E-state index contributed by atoms with van der Waals surface area (Å²) in [4.78, 5) is 20.4. The van der Waals surface area contributed by atoms with E-state index in [1.165, 1.54) is 0 Å². The summed E-state index contributed by atoms with van der Waals surface area (Å²) in [7, 11) is 0. The lowest BCUT2D eigenvalue weighted by atomic mass is 10.2. The summed E-state index contributed by atoms with van der Waals surface area (Å²) >= 11 is 0. The Morgan fingerprint density at radius 3 is 2.39 bits per heavy atom. The summed E-state index contributed by atoms with van der Waals surface area (Å²) in [6, 6.07) is 0.243. The van der Waals surface area contributed by atoms with Crippen LogP contribution in [0.2, 0.25) is 0 Å². The Bertz CT molecular complexity index is 283. The molecule has 0 bridgehead atoms. The van der Waals surface area contributed by atoms with E-state index in [-0.39, 0.29) is 12.1 Å². The minimum atomic E-state index is -0.414. The van der Waals surface area contributed by atoms with Crippen molar-refractivity contribution < 1.29 is 19.1 Å². The zero-order valence-electron chi connectivity index (χ0n) is 11.6. The van der Waals surface area contributed by atoms with Gasteiger partial charge in [-0.05, 0) is 40.0 Å². The summed E-state index contributed by atoms with van der Waals surface area (Å²) in [5, 5.41) is 2.78. The molecule has 0 aromatic carbocycles. The number of carbonyl (C=O) groups excluding carboxylic acids is 2. The molecular formula is C13H23NO4. The number of rotatable bonds is 4. The van der Waals surface area contributed by atoms with Crippen molar-refractivity contribution in [3.05, 3.63) is 12.7 Å². The van der Waals surface area contributed by atoms with Crippen molar-refractivity contribution in [2.45, 2.75) is 45.8 Å². The maximum atomic E-state index is 11.2. The first-order valence-electron chi connectivity index (χ1n) is 6.01. The Balaban J connectivity index is 0.000000494. The fraction of sp³-hybridized carbons (Fsp3) is 0.692. The number of nitrogens with one attached hydrogen (secondary N) is 1. The van der Waals surface area contributed by atoms with E-state index in [0.29, 0.717) is 19.0 Å². The average Bonchev–Trinajstić information content (AvgIpc) is 2.95. The van der Waals surface area contributed by atoms with Crippen LogP contribution in [0.3, 0.4) is 0 Å². The molecule has 0 radical (unpaired) electrons. The van der Waals surface area contributed by atoms with Crippen molar-refractivity contribution in [3.63, 3.8) is 0 Å². The number of alkyl carbamates (subject to hydrolysis) is 1. The van der Waals surface area contributed by atoms with E-state index in [4.69, 9.17) is 4.74 Å². The van der Waals surface area contributed by atoms with Crippen LogP contribution in [0, 0.1) is 5.92 Å². The molecule has 1 aliphatic rings. The normalized spacial score (nSPS) is 20.9. The SMILES string of the molecule is C=CC1CC1NC(=O)OC(C)(C)C.CCOC=O. The predicted octanol–water partition coefficient (Wildman–Crippen LogP) is 2.26. The van der Waals surface area contributed by atoms with E-state index in [0.717, 1.165) is 6.42 Å². The summed E-state index contributed by atoms with van der Waals surface area (Å²) in [5.74, 6) is 0.438. The van der Waals surface area contributed by atoms with Gasteiger partial charge in [0.2, 0.25) is 0 Å². The third kappa shape index (κ3) is 8.61. The average molecular weight is 257 g/mol. The summed E-state index contributed by atoms with van der Waals surface area (Å²) in [6.07, 6.45) is 2.52. The van der Waals surface area contributed by atoms with Gasteiger partial charge in [-0.3, -0.25) is 4.79 Å². The van der Waals surface area contributed by atoms with Crippen LogP contribution < -0.4 is 5.32 Å². The Morgan fingerprint density at radius 2 is 2.11 bits per heavy atom. The molecule has 1 N–H and O–H groups in total. The molecule has 5 nitrogen and oxygen atoms in total. The molecule has 2 atom stereocenters. The van der Waals surface area contributed by atoms with Crippen molar-refractivity contribution in [2.24, 2.45) is 5.92 Å². The maximum absolute atomic E-state index is 11.2. The highest BCUT2D eigenvalue weighted by atomic mass is 16.6. The fourth-order valence-electron chi connectivity index (χ4n) is 1.17. The van der Waals surface area contributed by atoms with Gasteiger partial charge in [-0.1, -0.05) is 6.08 Å². The first-order chi connectivity index (χ1) is 8.34. The van der Waals surface area contributed by atoms with Crippen LogP contribution in [-0.4, -0.2) is 30.8 Å². The lowest BCUT2D eigenvalue weighted by molar-refractivity contribution is -0.128. The Kier molecular flexibility index (Phi) is 7.08. The molecule has 0 saturated heterocycles. The molecule has 104 valence electrons. The summed E-state index contributed by atoms with van der Waals surface area (Å²) < 4.78 is 9.25. The van der Waals surface area contributed by atoms with E-state index < -0.39 is 5.60 Å². The van der Waals surface area contributed by atoms with Gasteiger partial charge in [-0.2, -0.15) is 0 Å². The third-order valence-corrected chi connectivity index (χ3v) is 2.08. The number of carbonyl (C=O) groups is 2. The summed E-state index contributed by atoms with van der Waals surface area (Å²) in [6.45, 7) is 11.9. The van der Waals surface area contributed by atoms with Gasteiger partial charge in [0.25, 0.3) is 6.47 Å². The van der Waals surface area contributed by atoms with Crippen LogP contribution in [0.5, 0.6) is 0 Å². The number of ether oxygens (including phenoxy) is 2. The minimum Gasteiger partial charge on any atom is -0.468 e. The third-order valence-electron chi connectivity index (χ3n) is 2.08. The highest BCUT2D eigenvalue weighted by molar-refractivity contribution is 5.68. The lowest BCUT2D eigenvalue weighted by Crippen LogP contribution is -2.34. The molecule has 1 saturated carbocycles. The lowest BCUT2D eigenvalue weighted by Gasteiger charge is -2.19. The monoisotopic (exact) mass is 257 g/mol. The van der Waals surface area contributed by atoms with Crippen LogP contribution in [0.4, 0.5) is 4.79 Å². The van der Waals surface area contributed by atoms with Crippen LogP contribution in [0.15, 0.2) is 12.7 Å². The number of hydrogen-bond donors (Lipinski definition) is 1. The van der Waals surface area contributed by atoms with Gasteiger partial charge >= 0.3 is 6.09 Å². The molecular weight excluding hydrogens is 234 g/mol. The Morgan fingerprint density at radius 1 is 1.50 bits per heavy atom. The maximum Gasteiger partial charge on any atom is 0.407 e. The minimum absolute atomic E-state index is 0.243.